The minimum Gasteiger partial charge on any atom is -0.489 e. The summed E-state index contributed by atoms with van der Waals surface area (Å²) in [6, 6.07) is 6.99. The summed E-state index contributed by atoms with van der Waals surface area (Å²) in [5.74, 6) is 1.97. The van der Waals surface area contributed by atoms with Gasteiger partial charge in [-0.1, -0.05) is 24.3 Å². The number of thiazole rings is 1. The lowest BCUT2D eigenvalue weighted by molar-refractivity contribution is 0.153. The molecule has 32 heavy (non-hydrogen) atoms. The molecule has 2 aliphatic rings. The fraction of sp³-hybridized carbons (Fsp3) is 0.360. The molecule has 5 rings (SSSR count). The Bertz CT molecular complexity index is 1150. The predicted molar refractivity (Wildman–Crippen MR) is 128 cm³/mol. The van der Waals surface area contributed by atoms with E-state index in [1.807, 2.05) is 32.3 Å². The number of ether oxygens (including phenoxy) is 1. The molecule has 1 aromatic carbocycles. The Labute approximate surface area is 192 Å². The van der Waals surface area contributed by atoms with Gasteiger partial charge in [0.2, 0.25) is 0 Å². The molecule has 0 saturated carbocycles. The second-order valence-corrected chi connectivity index (χ2v) is 9.73. The van der Waals surface area contributed by atoms with Gasteiger partial charge in [-0.15, -0.1) is 11.3 Å². The summed E-state index contributed by atoms with van der Waals surface area (Å²) in [6.45, 7) is 4.78. The van der Waals surface area contributed by atoms with Crippen LogP contribution in [-0.4, -0.2) is 21.1 Å². The van der Waals surface area contributed by atoms with Crippen LogP contribution >= 0.6 is 11.3 Å². The van der Waals surface area contributed by atoms with Crippen LogP contribution in [0.15, 0.2) is 60.4 Å². The van der Waals surface area contributed by atoms with Gasteiger partial charge >= 0.3 is 0 Å². The first-order valence-electron chi connectivity index (χ1n) is 11.2. The lowest BCUT2D eigenvalue weighted by atomic mass is 9.98. The van der Waals surface area contributed by atoms with Crippen molar-refractivity contribution in [3.05, 3.63) is 82.4 Å². The quantitative estimate of drug-likeness (QED) is 0.477. The minimum atomic E-state index is 0.119. The molecule has 0 saturated heterocycles. The Morgan fingerprint density at radius 2 is 2.22 bits per heavy atom. The standard InChI is InChI=1S/C25H29N5OS/c1-15(2)31-22-9-6-16(12-20(22)26)25-30-13-23(32-25)19-5-3-4-18-17(19)7-8-21(18)29-14-24-27-10-11-28-24/h3-6,9-11,13,15-16,21,29H,7-8,12,14,26H2,1-2H3,(H,27,28)/t16?,21-/m0/s1. The third kappa shape index (κ3) is 4.23. The van der Waals surface area contributed by atoms with Gasteiger partial charge in [0.05, 0.1) is 23.2 Å². The fourth-order valence-corrected chi connectivity index (χ4v) is 5.60. The van der Waals surface area contributed by atoms with Crippen LogP contribution in [-0.2, 0) is 17.7 Å². The van der Waals surface area contributed by atoms with E-state index in [1.165, 1.54) is 21.6 Å². The molecule has 2 heterocycles. The van der Waals surface area contributed by atoms with Gasteiger partial charge < -0.3 is 20.8 Å². The molecule has 4 N–H and O–H groups in total. The van der Waals surface area contributed by atoms with E-state index in [0.29, 0.717) is 6.04 Å². The van der Waals surface area contributed by atoms with Gasteiger partial charge in [0.25, 0.3) is 0 Å². The van der Waals surface area contributed by atoms with Crippen molar-refractivity contribution < 1.29 is 4.74 Å². The predicted octanol–water partition coefficient (Wildman–Crippen LogP) is 4.95. The van der Waals surface area contributed by atoms with Crippen molar-refractivity contribution in [3.63, 3.8) is 0 Å². The Morgan fingerprint density at radius 3 is 3.00 bits per heavy atom. The molecule has 2 aliphatic carbocycles. The number of rotatable bonds is 7. The van der Waals surface area contributed by atoms with E-state index < -0.39 is 0 Å². The molecule has 0 fully saturated rings. The number of allylic oxidation sites excluding steroid dienone is 3. The van der Waals surface area contributed by atoms with Crippen molar-refractivity contribution in [2.75, 3.05) is 0 Å². The summed E-state index contributed by atoms with van der Waals surface area (Å²) in [5, 5.41) is 4.75. The monoisotopic (exact) mass is 447 g/mol. The lowest BCUT2D eigenvalue weighted by Crippen LogP contribution is -2.19. The highest BCUT2D eigenvalue weighted by Crippen LogP contribution is 2.41. The van der Waals surface area contributed by atoms with Crippen molar-refractivity contribution >= 4 is 11.3 Å². The third-order valence-electron chi connectivity index (χ3n) is 6.05. The molecule has 0 radical (unpaired) electrons. The number of nitrogens with zero attached hydrogens (tertiary/aromatic N) is 2. The van der Waals surface area contributed by atoms with Crippen LogP contribution in [0, 0.1) is 0 Å². The summed E-state index contributed by atoms with van der Waals surface area (Å²) in [4.78, 5) is 13.5. The van der Waals surface area contributed by atoms with E-state index in [1.54, 1.807) is 17.5 Å². The summed E-state index contributed by atoms with van der Waals surface area (Å²) in [6.07, 6.45) is 12.9. The molecule has 0 amide bonds. The number of H-pyrrole nitrogens is 1. The molecule has 0 aliphatic heterocycles. The topological polar surface area (TPSA) is 88.8 Å². The van der Waals surface area contributed by atoms with Crippen LogP contribution in [0.1, 0.15) is 60.6 Å². The Morgan fingerprint density at radius 1 is 1.31 bits per heavy atom. The molecule has 2 atom stereocenters. The van der Waals surface area contributed by atoms with Crippen LogP contribution in [0.25, 0.3) is 10.4 Å². The third-order valence-corrected chi connectivity index (χ3v) is 7.21. The number of hydrogen-bond donors (Lipinski definition) is 3. The van der Waals surface area contributed by atoms with Crippen LogP contribution in [0.3, 0.4) is 0 Å². The van der Waals surface area contributed by atoms with Crippen LogP contribution in [0.5, 0.6) is 0 Å². The summed E-state index contributed by atoms with van der Waals surface area (Å²) in [7, 11) is 0. The zero-order chi connectivity index (χ0) is 22.1. The van der Waals surface area contributed by atoms with Crippen LogP contribution in [0.2, 0.25) is 0 Å². The van der Waals surface area contributed by atoms with E-state index >= 15 is 0 Å². The van der Waals surface area contributed by atoms with E-state index in [-0.39, 0.29) is 12.0 Å². The first-order valence-corrected chi connectivity index (χ1v) is 12.0. The number of aromatic amines is 1. The zero-order valence-electron chi connectivity index (χ0n) is 18.5. The molecule has 7 heteroatoms. The van der Waals surface area contributed by atoms with Gasteiger partial charge in [-0.3, -0.25) is 0 Å². The van der Waals surface area contributed by atoms with Gasteiger partial charge in [-0.2, -0.15) is 0 Å². The van der Waals surface area contributed by atoms with Crippen molar-refractivity contribution in [3.8, 4) is 10.4 Å². The Balaban J connectivity index is 1.32. The summed E-state index contributed by atoms with van der Waals surface area (Å²) >= 11 is 1.77. The largest absolute Gasteiger partial charge is 0.489 e. The second kappa shape index (κ2) is 8.92. The van der Waals surface area contributed by atoms with E-state index in [4.69, 9.17) is 15.5 Å². The van der Waals surface area contributed by atoms with E-state index in [0.717, 1.165) is 48.1 Å². The number of nitrogens with one attached hydrogen (secondary N) is 2. The van der Waals surface area contributed by atoms with Crippen molar-refractivity contribution in [2.45, 2.75) is 57.7 Å². The number of nitrogens with two attached hydrogens (primary N) is 1. The van der Waals surface area contributed by atoms with Gasteiger partial charge in [0, 0.05) is 37.0 Å². The van der Waals surface area contributed by atoms with E-state index in [2.05, 4.69) is 39.6 Å². The summed E-state index contributed by atoms with van der Waals surface area (Å²) in [5.41, 5.74) is 11.2. The van der Waals surface area contributed by atoms with Crippen molar-refractivity contribution in [1.29, 1.82) is 0 Å². The lowest BCUT2D eigenvalue weighted by Gasteiger charge is -2.20. The highest BCUT2D eigenvalue weighted by atomic mass is 32.1. The molecule has 0 bridgehead atoms. The Hall–Kier alpha value is -2.90. The maximum atomic E-state index is 6.29. The molecule has 2 aromatic heterocycles. The maximum absolute atomic E-state index is 6.29. The van der Waals surface area contributed by atoms with Gasteiger partial charge in [-0.25, -0.2) is 9.97 Å². The van der Waals surface area contributed by atoms with Gasteiger partial charge in [0.1, 0.15) is 16.6 Å². The highest BCUT2D eigenvalue weighted by molar-refractivity contribution is 7.15. The SMILES string of the molecule is CC(C)OC1=C(N)CC(c2ncc(-c3cccc4c3CC[C@@H]4NCc3ncc[nH]3)s2)C=C1. The number of fused-ring (bicyclic) bond motifs is 1. The average molecular weight is 448 g/mol. The van der Waals surface area contributed by atoms with E-state index in [9.17, 15) is 0 Å². The average Bonchev–Trinajstić information content (AvgIpc) is 3.54. The number of aromatic nitrogens is 3. The molecular weight excluding hydrogens is 418 g/mol. The molecule has 6 nitrogen and oxygen atoms in total. The normalized spacial score (nSPS) is 20.2. The number of benzene rings is 1. The van der Waals surface area contributed by atoms with Gasteiger partial charge in [0.15, 0.2) is 0 Å². The first kappa shape index (κ1) is 21.0. The summed E-state index contributed by atoms with van der Waals surface area (Å²) < 4.78 is 5.81. The smallest absolute Gasteiger partial charge is 0.138 e. The fourth-order valence-electron chi connectivity index (χ4n) is 4.55. The highest BCUT2D eigenvalue weighted by Gasteiger charge is 2.26. The number of imidazole rings is 1. The molecule has 3 aromatic rings. The molecule has 1 unspecified atom stereocenters. The molecular formula is C25H29N5OS. The molecule has 0 spiro atoms. The van der Waals surface area contributed by atoms with Crippen molar-refractivity contribution in [2.24, 2.45) is 5.73 Å². The van der Waals surface area contributed by atoms with Crippen molar-refractivity contribution in [1.82, 2.24) is 20.3 Å². The van der Waals surface area contributed by atoms with Crippen LogP contribution in [0.4, 0.5) is 0 Å². The van der Waals surface area contributed by atoms with Gasteiger partial charge in [-0.05, 0) is 49.5 Å². The second-order valence-electron chi connectivity index (χ2n) is 8.67. The Kier molecular flexibility index (Phi) is 5.85. The zero-order valence-corrected chi connectivity index (χ0v) is 19.3. The minimum absolute atomic E-state index is 0.119. The van der Waals surface area contributed by atoms with Crippen LogP contribution < -0.4 is 11.1 Å². The maximum Gasteiger partial charge on any atom is 0.138 e. The number of hydrogen-bond acceptors (Lipinski definition) is 6. The first-order chi connectivity index (χ1) is 15.6. The molecule has 166 valence electrons.